The molecule has 0 unspecified atom stereocenters. The van der Waals surface area contributed by atoms with Gasteiger partial charge in [0.15, 0.2) is 10.3 Å². The van der Waals surface area contributed by atoms with Gasteiger partial charge in [-0.05, 0) is 107 Å². The van der Waals surface area contributed by atoms with Crippen molar-refractivity contribution >= 4 is 102 Å². The molecule has 0 fully saturated rings. The van der Waals surface area contributed by atoms with Crippen LogP contribution in [-0.2, 0) is 20.2 Å². The van der Waals surface area contributed by atoms with Crippen LogP contribution in [0.4, 0.5) is 23.0 Å². The number of aromatic nitrogens is 4. The van der Waals surface area contributed by atoms with Crippen LogP contribution in [0.3, 0.4) is 0 Å². The summed E-state index contributed by atoms with van der Waals surface area (Å²) < 4.78 is 71.9. The van der Waals surface area contributed by atoms with Crippen molar-refractivity contribution in [1.82, 2.24) is 19.9 Å². The molecule has 12 nitrogen and oxygen atoms in total. The van der Waals surface area contributed by atoms with Crippen molar-refractivity contribution in [3.8, 4) is 0 Å². The van der Waals surface area contributed by atoms with Crippen LogP contribution in [0.25, 0.3) is 12.2 Å². The van der Waals surface area contributed by atoms with E-state index in [-0.39, 0.29) is 73.1 Å². The smallest absolute Gasteiger partial charge is 1.00 e. The maximum atomic E-state index is 12.8. The van der Waals surface area contributed by atoms with Gasteiger partial charge in [0.2, 0.25) is 0 Å². The second-order valence-electron chi connectivity index (χ2n) is 13.4. The van der Waals surface area contributed by atoms with E-state index >= 15 is 0 Å². The van der Waals surface area contributed by atoms with Crippen molar-refractivity contribution in [2.75, 3.05) is 10.6 Å². The Bertz CT molecular complexity index is 2870. The predicted molar refractivity (Wildman–Crippen MR) is 257 cm³/mol. The van der Waals surface area contributed by atoms with Crippen LogP contribution in [0.5, 0.6) is 0 Å². The summed E-state index contributed by atoms with van der Waals surface area (Å²) in [5.74, 6) is 0.754. The van der Waals surface area contributed by atoms with Gasteiger partial charge in [-0.2, -0.15) is 16.8 Å². The van der Waals surface area contributed by atoms with Crippen molar-refractivity contribution in [3.05, 3.63) is 181 Å². The minimum atomic E-state index is -4.80. The van der Waals surface area contributed by atoms with E-state index in [1.54, 1.807) is 24.3 Å². The zero-order valence-electron chi connectivity index (χ0n) is 37.1. The molecule has 8 aromatic rings. The van der Waals surface area contributed by atoms with Gasteiger partial charge in [0, 0.05) is 43.1 Å². The number of nitrogens with zero attached hydrogens (tertiary/aromatic N) is 4. The molecule has 8 rings (SSSR count). The standard InChI is InChI=1S/C46H34N6O6S6.2Na.2H/c53-63(54,55)39-27-33(47-41-29-43(59-35-13-5-1-6-14-35)51-45(49-41)61-37-17-9-3-10-18-37)25-23-31(39)21-22-32-24-26-34(28-40(32)64(56,57)58)48-42-30-44(60-36-15-7-2-8-16-36)52-46(50-42)62-38-19-11-4-12-20-38;;;;/h1-30H,(H,47,49,51)(H,48,50,52)(H,53,54,55)(H,56,57,58);;;;/q;2*+1;2*-1/b22-21+;;;;. The first-order chi connectivity index (χ1) is 30.9. The van der Waals surface area contributed by atoms with Crippen LogP contribution < -0.4 is 69.7 Å². The zero-order valence-corrected chi connectivity index (χ0v) is 44.0. The zero-order chi connectivity index (χ0) is 44.5. The average Bonchev–Trinajstić information content (AvgIpc) is 3.27. The normalized spacial score (nSPS) is 11.4. The number of rotatable bonds is 16. The van der Waals surface area contributed by atoms with Gasteiger partial charge < -0.3 is 13.5 Å². The first kappa shape index (κ1) is 51.4. The largest absolute Gasteiger partial charge is 1.00 e. The van der Waals surface area contributed by atoms with Gasteiger partial charge in [-0.3, -0.25) is 9.11 Å². The fourth-order valence-corrected chi connectivity index (χ4v) is 10.8. The molecular weight excluding hydrogens is 971 g/mol. The fourth-order valence-electron chi connectivity index (χ4n) is 5.96. The van der Waals surface area contributed by atoms with Gasteiger partial charge in [-0.25, -0.2) is 19.9 Å². The van der Waals surface area contributed by atoms with E-state index in [9.17, 15) is 25.9 Å². The summed E-state index contributed by atoms with van der Waals surface area (Å²) in [6.45, 7) is 0. The number of hydrogen-bond donors (Lipinski definition) is 4. The molecule has 2 aromatic heterocycles. The summed E-state index contributed by atoms with van der Waals surface area (Å²) >= 11 is 5.60. The van der Waals surface area contributed by atoms with E-state index in [1.165, 1.54) is 83.5 Å². The maximum absolute atomic E-state index is 12.8. The van der Waals surface area contributed by atoms with Gasteiger partial charge >= 0.3 is 59.1 Å². The Morgan fingerprint density at radius 3 is 1.06 bits per heavy atom. The van der Waals surface area contributed by atoms with E-state index in [4.69, 9.17) is 9.97 Å². The molecule has 0 saturated carbocycles. The Morgan fingerprint density at radius 2 is 0.742 bits per heavy atom. The van der Waals surface area contributed by atoms with Gasteiger partial charge in [-0.15, -0.1) is 0 Å². The van der Waals surface area contributed by atoms with Gasteiger partial charge in [0.25, 0.3) is 20.2 Å². The van der Waals surface area contributed by atoms with E-state index in [2.05, 4.69) is 20.6 Å². The van der Waals surface area contributed by atoms with Crippen LogP contribution in [-0.4, -0.2) is 45.9 Å². The van der Waals surface area contributed by atoms with Gasteiger partial charge in [-0.1, -0.05) is 121 Å². The molecule has 6 aromatic carbocycles. The van der Waals surface area contributed by atoms with E-state index in [1.807, 2.05) is 121 Å². The molecule has 0 spiro atoms. The third-order valence-electron chi connectivity index (χ3n) is 8.77. The van der Waals surface area contributed by atoms with E-state index in [0.29, 0.717) is 43.4 Å². The van der Waals surface area contributed by atoms with Gasteiger partial charge in [0.1, 0.15) is 31.5 Å². The number of anilines is 4. The van der Waals surface area contributed by atoms with Crippen molar-refractivity contribution in [2.24, 2.45) is 0 Å². The molecule has 4 N–H and O–H groups in total. The molecule has 2 heterocycles. The second kappa shape index (κ2) is 23.9. The summed E-state index contributed by atoms with van der Waals surface area (Å²) in [4.78, 5) is 21.7. The van der Waals surface area contributed by atoms with Crippen LogP contribution in [0.1, 0.15) is 14.0 Å². The van der Waals surface area contributed by atoms with Crippen LogP contribution in [0, 0.1) is 0 Å². The first-order valence-electron chi connectivity index (χ1n) is 19.0. The monoisotopic (exact) mass is 1010 g/mol. The summed E-state index contributed by atoms with van der Waals surface area (Å²) in [6, 6.07) is 50.7. The molecule has 0 aliphatic carbocycles. The summed E-state index contributed by atoms with van der Waals surface area (Å²) in [5, 5.41) is 8.49. The summed E-state index contributed by atoms with van der Waals surface area (Å²) in [6.07, 6.45) is 2.67. The Balaban J connectivity index is 0.00000252. The van der Waals surface area contributed by atoms with Crippen LogP contribution in [0.15, 0.2) is 220 Å². The molecular formula is C46H36N6Na2O6S6. The molecule has 20 heteroatoms. The molecule has 0 aliphatic heterocycles. The van der Waals surface area contributed by atoms with Crippen LogP contribution in [0.2, 0.25) is 0 Å². The molecule has 0 radical (unpaired) electrons. The average molecular weight is 1010 g/mol. The van der Waals surface area contributed by atoms with Crippen molar-refractivity contribution in [3.63, 3.8) is 0 Å². The molecule has 0 atom stereocenters. The molecule has 0 aliphatic rings. The van der Waals surface area contributed by atoms with E-state index in [0.717, 1.165) is 19.6 Å². The second-order valence-corrected chi connectivity index (χ2v) is 20.5. The SMILES string of the molecule is O=S(=O)(O)c1cc(Nc2cc(Sc3ccccc3)nc(Sc3ccccc3)n2)ccc1/C=C/c1ccc(Nc2cc(Sc3ccccc3)nc(Sc3ccccc3)n2)cc1S(=O)(=O)O.[H-].[H-].[Na+].[Na+]. The minimum absolute atomic E-state index is 0. The number of nitrogens with one attached hydrogen (secondary N) is 2. The molecule has 324 valence electrons. The summed E-state index contributed by atoms with van der Waals surface area (Å²) in [5.41, 5.74) is 0.689. The topological polar surface area (TPSA) is 184 Å². The Morgan fingerprint density at radius 1 is 0.424 bits per heavy atom. The maximum Gasteiger partial charge on any atom is 1.00 e. The number of benzene rings is 6. The van der Waals surface area contributed by atoms with Crippen molar-refractivity contribution < 1.29 is 87.9 Å². The quantitative estimate of drug-likeness (QED) is 0.0280. The fraction of sp³-hybridized carbons (Fsp3) is 0. The molecule has 0 saturated heterocycles. The van der Waals surface area contributed by atoms with Crippen molar-refractivity contribution in [1.29, 1.82) is 0 Å². The molecule has 0 bridgehead atoms. The Hall–Kier alpha value is -3.96. The number of hydrogen-bond acceptors (Lipinski definition) is 14. The third-order valence-corrected chi connectivity index (χ3v) is 14.2. The third kappa shape index (κ3) is 14.8. The molecule has 0 amide bonds. The van der Waals surface area contributed by atoms with Crippen molar-refractivity contribution in [2.45, 2.75) is 49.7 Å². The first-order valence-corrected chi connectivity index (χ1v) is 25.2. The molecule has 66 heavy (non-hydrogen) atoms. The predicted octanol–water partition coefficient (Wildman–Crippen LogP) is 6.26. The van der Waals surface area contributed by atoms with Crippen LogP contribution >= 0.6 is 47.0 Å². The Labute approximate surface area is 446 Å². The minimum Gasteiger partial charge on any atom is -1.00 e. The van der Waals surface area contributed by atoms with E-state index < -0.39 is 30.0 Å². The van der Waals surface area contributed by atoms with Gasteiger partial charge in [0.05, 0.1) is 0 Å². The summed E-state index contributed by atoms with van der Waals surface area (Å²) in [7, 11) is -9.61. The Kier molecular flexibility index (Phi) is 18.6.